The number of nitrogens with one attached hydrogen (secondary N) is 2. The first kappa shape index (κ1) is 11.5. The highest BCUT2D eigenvalue weighted by atomic mass is 16.3. The standard InChI is InChI=1S/C10H20N2O2/c1-6-4-5-11-9(6)10(14)12-7(2)8(3)13/h6-9,11,13H,4-5H2,1-3H3,(H,12,14). The lowest BCUT2D eigenvalue weighted by molar-refractivity contribution is -0.124. The largest absolute Gasteiger partial charge is 0.391 e. The Bertz CT molecular complexity index is 206. The fourth-order valence-corrected chi connectivity index (χ4v) is 1.62. The van der Waals surface area contributed by atoms with Crippen LogP contribution in [0.25, 0.3) is 0 Å². The molecule has 1 heterocycles. The molecule has 0 bridgehead atoms. The Kier molecular flexibility index (Phi) is 3.89. The fraction of sp³-hybridized carbons (Fsp3) is 0.900. The van der Waals surface area contributed by atoms with Gasteiger partial charge >= 0.3 is 0 Å². The zero-order chi connectivity index (χ0) is 10.7. The van der Waals surface area contributed by atoms with Crippen molar-refractivity contribution in [3.8, 4) is 0 Å². The van der Waals surface area contributed by atoms with Crippen molar-refractivity contribution in [2.75, 3.05) is 6.54 Å². The van der Waals surface area contributed by atoms with Crippen molar-refractivity contribution < 1.29 is 9.90 Å². The molecule has 3 N–H and O–H groups in total. The van der Waals surface area contributed by atoms with E-state index >= 15 is 0 Å². The second kappa shape index (κ2) is 4.75. The number of amides is 1. The van der Waals surface area contributed by atoms with Gasteiger partial charge in [-0.15, -0.1) is 0 Å². The summed E-state index contributed by atoms with van der Waals surface area (Å²) in [7, 11) is 0. The number of carbonyl (C=O) groups is 1. The van der Waals surface area contributed by atoms with Crippen LogP contribution < -0.4 is 10.6 Å². The number of hydrogen-bond acceptors (Lipinski definition) is 3. The second-order valence-corrected chi connectivity index (χ2v) is 4.24. The van der Waals surface area contributed by atoms with Gasteiger partial charge in [-0.1, -0.05) is 6.92 Å². The lowest BCUT2D eigenvalue weighted by Crippen LogP contribution is -2.49. The number of rotatable bonds is 3. The van der Waals surface area contributed by atoms with Crippen LogP contribution in [0.3, 0.4) is 0 Å². The molecule has 1 amide bonds. The Morgan fingerprint density at radius 1 is 1.57 bits per heavy atom. The highest BCUT2D eigenvalue weighted by Gasteiger charge is 2.30. The van der Waals surface area contributed by atoms with Crippen LogP contribution in [0.2, 0.25) is 0 Å². The van der Waals surface area contributed by atoms with Crippen molar-refractivity contribution in [1.29, 1.82) is 0 Å². The molecule has 0 aliphatic carbocycles. The summed E-state index contributed by atoms with van der Waals surface area (Å²) in [4.78, 5) is 11.7. The molecule has 0 aromatic carbocycles. The normalized spacial score (nSPS) is 31.1. The Morgan fingerprint density at radius 3 is 2.64 bits per heavy atom. The van der Waals surface area contributed by atoms with Gasteiger partial charge in [0.25, 0.3) is 0 Å². The number of aliphatic hydroxyl groups excluding tert-OH is 1. The SMILES string of the molecule is CC(O)C(C)NC(=O)C1NCCC1C. The molecule has 0 spiro atoms. The Hall–Kier alpha value is -0.610. The predicted molar refractivity (Wildman–Crippen MR) is 54.9 cm³/mol. The van der Waals surface area contributed by atoms with Gasteiger partial charge in [-0.3, -0.25) is 4.79 Å². The van der Waals surface area contributed by atoms with Crippen LogP contribution in [0.5, 0.6) is 0 Å². The van der Waals surface area contributed by atoms with Gasteiger partial charge < -0.3 is 15.7 Å². The van der Waals surface area contributed by atoms with E-state index in [1.807, 2.05) is 6.92 Å². The zero-order valence-corrected chi connectivity index (χ0v) is 9.08. The van der Waals surface area contributed by atoms with Gasteiger partial charge in [0.2, 0.25) is 5.91 Å². The first-order valence-corrected chi connectivity index (χ1v) is 5.24. The summed E-state index contributed by atoms with van der Waals surface area (Å²) in [6, 6.07) is -0.270. The third-order valence-electron chi connectivity index (χ3n) is 2.91. The van der Waals surface area contributed by atoms with E-state index in [4.69, 9.17) is 0 Å². The van der Waals surface area contributed by atoms with Gasteiger partial charge in [-0.2, -0.15) is 0 Å². The van der Waals surface area contributed by atoms with E-state index in [1.54, 1.807) is 6.92 Å². The molecular weight excluding hydrogens is 180 g/mol. The molecule has 1 fully saturated rings. The molecule has 1 rings (SSSR count). The van der Waals surface area contributed by atoms with Crippen LogP contribution >= 0.6 is 0 Å². The van der Waals surface area contributed by atoms with E-state index in [1.165, 1.54) is 0 Å². The van der Waals surface area contributed by atoms with Crippen LogP contribution in [0.15, 0.2) is 0 Å². The molecule has 4 atom stereocenters. The van der Waals surface area contributed by atoms with E-state index in [0.29, 0.717) is 5.92 Å². The van der Waals surface area contributed by atoms with Gasteiger partial charge in [0.15, 0.2) is 0 Å². The summed E-state index contributed by atoms with van der Waals surface area (Å²) in [6.07, 6.45) is 0.539. The summed E-state index contributed by atoms with van der Waals surface area (Å²) in [5.74, 6) is 0.389. The molecule has 4 nitrogen and oxygen atoms in total. The lowest BCUT2D eigenvalue weighted by Gasteiger charge is -2.21. The third kappa shape index (κ3) is 2.69. The Labute approximate surface area is 85.1 Å². The fourth-order valence-electron chi connectivity index (χ4n) is 1.62. The van der Waals surface area contributed by atoms with Gasteiger partial charge in [0.1, 0.15) is 0 Å². The average molecular weight is 200 g/mol. The number of hydrogen-bond donors (Lipinski definition) is 3. The molecular formula is C10H20N2O2. The van der Waals surface area contributed by atoms with Crippen LogP contribution in [0.4, 0.5) is 0 Å². The van der Waals surface area contributed by atoms with E-state index in [9.17, 15) is 9.90 Å². The maximum Gasteiger partial charge on any atom is 0.237 e. The maximum absolute atomic E-state index is 11.7. The summed E-state index contributed by atoms with van der Waals surface area (Å²) in [5, 5.41) is 15.2. The Morgan fingerprint density at radius 2 is 2.21 bits per heavy atom. The van der Waals surface area contributed by atoms with E-state index in [0.717, 1.165) is 13.0 Å². The summed E-state index contributed by atoms with van der Waals surface area (Å²) < 4.78 is 0. The zero-order valence-electron chi connectivity index (χ0n) is 9.08. The maximum atomic E-state index is 11.7. The molecule has 1 saturated heterocycles. The van der Waals surface area contributed by atoms with E-state index in [-0.39, 0.29) is 18.0 Å². The van der Waals surface area contributed by atoms with Crippen molar-refractivity contribution in [3.63, 3.8) is 0 Å². The van der Waals surface area contributed by atoms with Crippen molar-refractivity contribution >= 4 is 5.91 Å². The Balaban J connectivity index is 2.41. The smallest absolute Gasteiger partial charge is 0.237 e. The molecule has 4 heteroatoms. The molecule has 0 saturated carbocycles. The summed E-state index contributed by atoms with van der Waals surface area (Å²) in [5.41, 5.74) is 0. The number of carbonyl (C=O) groups excluding carboxylic acids is 1. The molecule has 1 aliphatic rings. The monoisotopic (exact) mass is 200 g/mol. The van der Waals surface area contributed by atoms with Crippen LogP contribution in [0, 0.1) is 5.92 Å². The molecule has 0 radical (unpaired) electrons. The highest BCUT2D eigenvalue weighted by molar-refractivity contribution is 5.82. The number of aliphatic hydroxyl groups is 1. The highest BCUT2D eigenvalue weighted by Crippen LogP contribution is 2.14. The van der Waals surface area contributed by atoms with Crippen molar-refractivity contribution in [2.24, 2.45) is 5.92 Å². The molecule has 4 unspecified atom stereocenters. The minimum atomic E-state index is -0.504. The first-order chi connectivity index (χ1) is 6.52. The van der Waals surface area contributed by atoms with E-state index in [2.05, 4.69) is 17.6 Å². The van der Waals surface area contributed by atoms with Gasteiger partial charge in [-0.25, -0.2) is 0 Å². The molecule has 0 aromatic heterocycles. The van der Waals surface area contributed by atoms with Crippen LogP contribution in [0.1, 0.15) is 27.2 Å². The van der Waals surface area contributed by atoms with Crippen LogP contribution in [-0.2, 0) is 4.79 Å². The summed E-state index contributed by atoms with van der Waals surface area (Å²) in [6.45, 7) is 6.46. The van der Waals surface area contributed by atoms with Crippen molar-refractivity contribution in [3.05, 3.63) is 0 Å². The molecule has 1 aliphatic heterocycles. The van der Waals surface area contributed by atoms with Crippen LogP contribution in [-0.4, -0.2) is 35.7 Å². The average Bonchev–Trinajstić information content (AvgIpc) is 2.51. The van der Waals surface area contributed by atoms with E-state index < -0.39 is 6.10 Å². The minimum Gasteiger partial charge on any atom is -0.391 e. The minimum absolute atomic E-state index is 0.00315. The lowest BCUT2D eigenvalue weighted by atomic mass is 10.0. The first-order valence-electron chi connectivity index (χ1n) is 5.24. The van der Waals surface area contributed by atoms with Crippen molar-refractivity contribution in [1.82, 2.24) is 10.6 Å². The third-order valence-corrected chi connectivity index (χ3v) is 2.91. The molecule has 14 heavy (non-hydrogen) atoms. The van der Waals surface area contributed by atoms with Crippen molar-refractivity contribution in [2.45, 2.75) is 45.4 Å². The summed E-state index contributed by atoms with van der Waals surface area (Å²) >= 11 is 0. The van der Waals surface area contributed by atoms with Gasteiger partial charge in [0.05, 0.1) is 18.2 Å². The quantitative estimate of drug-likeness (QED) is 0.595. The predicted octanol–water partition coefficient (Wildman–Crippen LogP) is -0.130. The topological polar surface area (TPSA) is 61.4 Å². The second-order valence-electron chi connectivity index (χ2n) is 4.24. The molecule has 0 aromatic rings. The van der Waals surface area contributed by atoms with Gasteiger partial charge in [-0.05, 0) is 32.7 Å². The van der Waals surface area contributed by atoms with Gasteiger partial charge in [0, 0.05) is 0 Å². The molecule has 82 valence electrons.